The summed E-state index contributed by atoms with van der Waals surface area (Å²) in [7, 11) is 3.11. The van der Waals surface area contributed by atoms with Crippen molar-refractivity contribution in [2.45, 2.75) is 19.4 Å². The number of ketones is 1. The van der Waals surface area contributed by atoms with E-state index in [9.17, 15) is 14.7 Å². The molecule has 1 amide bonds. The number of carbonyl (C=O) groups is 2. The number of hydrogen-bond acceptors (Lipinski definition) is 6. The third-order valence-corrected chi connectivity index (χ3v) is 5.16. The van der Waals surface area contributed by atoms with E-state index in [0.717, 1.165) is 0 Å². The Kier molecular flexibility index (Phi) is 7.31. The first-order valence-corrected chi connectivity index (χ1v) is 10.2. The minimum atomic E-state index is -0.764. The quantitative estimate of drug-likeness (QED) is 0.286. The maximum absolute atomic E-state index is 13.0. The lowest BCUT2D eigenvalue weighted by atomic mass is 9.94. The van der Waals surface area contributed by atoms with Gasteiger partial charge in [0.1, 0.15) is 17.3 Å². The van der Waals surface area contributed by atoms with Gasteiger partial charge in [-0.1, -0.05) is 18.2 Å². The summed E-state index contributed by atoms with van der Waals surface area (Å²) in [6.45, 7) is 3.15. The second-order valence-corrected chi connectivity index (χ2v) is 7.04. The summed E-state index contributed by atoms with van der Waals surface area (Å²) in [5.41, 5.74) is 1.10. The molecule has 1 saturated heterocycles. The van der Waals surface area contributed by atoms with Crippen molar-refractivity contribution in [1.82, 2.24) is 4.90 Å². The van der Waals surface area contributed by atoms with Gasteiger partial charge in [0.15, 0.2) is 0 Å². The Morgan fingerprint density at radius 3 is 2.42 bits per heavy atom. The molecule has 1 N–H and O–H groups in total. The van der Waals surface area contributed by atoms with Crippen molar-refractivity contribution in [1.29, 1.82) is 0 Å². The van der Waals surface area contributed by atoms with E-state index in [1.165, 1.54) is 12.0 Å². The molecule has 0 radical (unpaired) electrons. The summed E-state index contributed by atoms with van der Waals surface area (Å²) >= 11 is 0. The molecule has 1 heterocycles. The van der Waals surface area contributed by atoms with Crippen LogP contribution < -0.4 is 9.47 Å². The monoisotopic (exact) mass is 425 g/mol. The van der Waals surface area contributed by atoms with E-state index < -0.39 is 17.7 Å². The SMILES string of the molecule is CCOc1ccc(C(O)=C2C(=O)C(=O)N(CCCOC)[C@H]2c2ccccc2OC)cc1. The van der Waals surface area contributed by atoms with Crippen LogP contribution in [0.4, 0.5) is 0 Å². The van der Waals surface area contributed by atoms with Crippen LogP contribution in [-0.4, -0.2) is 55.7 Å². The topological polar surface area (TPSA) is 85.3 Å². The molecular weight excluding hydrogens is 398 g/mol. The number of hydrogen-bond donors (Lipinski definition) is 1. The highest BCUT2D eigenvalue weighted by molar-refractivity contribution is 6.46. The minimum absolute atomic E-state index is 0.0380. The minimum Gasteiger partial charge on any atom is -0.507 e. The van der Waals surface area contributed by atoms with Crippen molar-refractivity contribution in [3.8, 4) is 11.5 Å². The van der Waals surface area contributed by atoms with Crippen molar-refractivity contribution in [2.24, 2.45) is 0 Å². The Bertz CT molecular complexity index is 966. The average molecular weight is 425 g/mol. The summed E-state index contributed by atoms with van der Waals surface area (Å²) < 4.78 is 16.0. The summed E-state index contributed by atoms with van der Waals surface area (Å²) in [6.07, 6.45) is 0.554. The van der Waals surface area contributed by atoms with E-state index in [4.69, 9.17) is 14.2 Å². The normalized spacial score (nSPS) is 17.8. The fraction of sp³-hybridized carbons (Fsp3) is 0.333. The van der Waals surface area contributed by atoms with Crippen LogP contribution in [0, 0.1) is 0 Å². The summed E-state index contributed by atoms with van der Waals surface area (Å²) in [5.74, 6) is -0.421. The Morgan fingerprint density at radius 2 is 1.77 bits per heavy atom. The second-order valence-electron chi connectivity index (χ2n) is 7.04. The molecule has 3 rings (SSSR count). The number of aliphatic hydroxyl groups excluding tert-OH is 1. The van der Waals surface area contributed by atoms with Crippen molar-refractivity contribution in [2.75, 3.05) is 34.0 Å². The maximum atomic E-state index is 13.0. The number of amides is 1. The van der Waals surface area contributed by atoms with Gasteiger partial charge in [-0.2, -0.15) is 0 Å². The molecule has 1 aliphatic rings. The third-order valence-electron chi connectivity index (χ3n) is 5.16. The summed E-state index contributed by atoms with van der Waals surface area (Å²) in [4.78, 5) is 27.4. The van der Waals surface area contributed by atoms with Crippen molar-refractivity contribution in [3.63, 3.8) is 0 Å². The number of Topliss-reactive ketones (excluding diaryl/α,β-unsaturated/α-hetero) is 1. The largest absolute Gasteiger partial charge is 0.507 e. The first-order chi connectivity index (χ1) is 15.0. The van der Waals surface area contributed by atoms with E-state index in [1.54, 1.807) is 43.5 Å². The predicted octanol–water partition coefficient (Wildman–Crippen LogP) is 3.55. The number of carbonyl (C=O) groups excluding carboxylic acids is 2. The van der Waals surface area contributed by atoms with Crippen molar-refractivity contribution < 1.29 is 28.9 Å². The highest BCUT2D eigenvalue weighted by atomic mass is 16.5. The summed E-state index contributed by atoms with van der Waals surface area (Å²) in [5, 5.41) is 11.1. The standard InChI is InChI=1S/C24H27NO6/c1-4-31-17-12-10-16(11-13-17)22(26)20-21(18-8-5-6-9-19(18)30-3)25(14-7-15-29-2)24(28)23(20)27/h5-6,8-13,21,26H,4,7,14-15H2,1-3H3/t21-/m0/s1. The highest BCUT2D eigenvalue weighted by Crippen LogP contribution is 2.42. The Balaban J connectivity index is 2.11. The van der Waals surface area contributed by atoms with Gasteiger partial charge in [-0.25, -0.2) is 0 Å². The van der Waals surface area contributed by atoms with E-state index in [-0.39, 0.29) is 11.3 Å². The van der Waals surface area contributed by atoms with Crippen LogP contribution in [0.3, 0.4) is 0 Å². The van der Waals surface area contributed by atoms with Gasteiger partial charge in [-0.3, -0.25) is 9.59 Å². The number of ether oxygens (including phenoxy) is 3. The van der Waals surface area contributed by atoms with Gasteiger partial charge in [-0.05, 0) is 43.7 Å². The maximum Gasteiger partial charge on any atom is 0.295 e. The first-order valence-electron chi connectivity index (χ1n) is 10.2. The molecule has 0 aromatic heterocycles. The zero-order valence-electron chi connectivity index (χ0n) is 18.0. The number of nitrogens with zero attached hydrogens (tertiary/aromatic N) is 1. The van der Waals surface area contributed by atoms with Crippen LogP contribution in [0.15, 0.2) is 54.1 Å². The molecule has 1 atom stereocenters. The van der Waals surface area contributed by atoms with Gasteiger partial charge in [0.2, 0.25) is 0 Å². The van der Waals surface area contributed by atoms with Crippen molar-refractivity contribution in [3.05, 3.63) is 65.2 Å². The highest BCUT2D eigenvalue weighted by Gasteiger charge is 2.46. The zero-order valence-corrected chi connectivity index (χ0v) is 18.0. The number of aliphatic hydroxyl groups is 1. The van der Waals surface area contributed by atoms with E-state index in [1.807, 2.05) is 19.1 Å². The van der Waals surface area contributed by atoms with Crippen LogP contribution in [-0.2, 0) is 14.3 Å². The lowest BCUT2D eigenvalue weighted by Crippen LogP contribution is -2.31. The molecule has 2 aromatic rings. The second kappa shape index (κ2) is 10.1. The number of methoxy groups -OCH3 is 2. The molecule has 0 unspecified atom stereocenters. The molecule has 0 spiro atoms. The molecule has 0 saturated carbocycles. The Labute approximate surface area is 181 Å². The molecule has 31 heavy (non-hydrogen) atoms. The van der Waals surface area contributed by atoms with E-state index in [2.05, 4.69) is 0 Å². The zero-order chi connectivity index (χ0) is 22.4. The first kappa shape index (κ1) is 22.4. The molecule has 0 bridgehead atoms. The molecule has 164 valence electrons. The van der Waals surface area contributed by atoms with Gasteiger partial charge < -0.3 is 24.2 Å². The summed E-state index contributed by atoms with van der Waals surface area (Å²) in [6, 6.07) is 13.2. The van der Waals surface area contributed by atoms with Gasteiger partial charge >= 0.3 is 0 Å². The Hall–Kier alpha value is -3.32. The van der Waals surface area contributed by atoms with Crippen LogP contribution in [0.1, 0.15) is 30.5 Å². The fourth-order valence-corrected chi connectivity index (χ4v) is 3.74. The van der Waals surface area contributed by atoms with Gasteiger partial charge in [0.05, 0.1) is 25.3 Å². The number of para-hydroxylation sites is 1. The molecule has 1 aliphatic heterocycles. The van der Waals surface area contributed by atoms with E-state index >= 15 is 0 Å². The average Bonchev–Trinajstić information content (AvgIpc) is 3.04. The lowest BCUT2D eigenvalue weighted by molar-refractivity contribution is -0.140. The van der Waals surface area contributed by atoms with Gasteiger partial charge in [0.25, 0.3) is 11.7 Å². The number of benzene rings is 2. The smallest absolute Gasteiger partial charge is 0.295 e. The predicted molar refractivity (Wildman–Crippen MR) is 116 cm³/mol. The molecule has 1 fully saturated rings. The Morgan fingerprint density at radius 1 is 1.06 bits per heavy atom. The number of rotatable bonds is 9. The van der Waals surface area contributed by atoms with Crippen LogP contribution >= 0.6 is 0 Å². The fourth-order valence-electron chi connectivity index (χ4n) is 3.74. The van der Waals surface area contributed by atoms with Crippen molar-refractivity contribution >= 4 is 17.4 Å². The molecule has 2 aromatic carbocycles. The van der Waals surface area contributed by atoms with E-state index in [0.29, 0.717) is 48.8 Å². The molecular formula is C24H27NO6. The number of likely N-dealkylation sites (tertiary alicyclic amines) is 1. The van der Waals surface area contributed by atoms with Gasteiger partial charge in [-0.15, -0.1) is 0 Å². The lowest BCUT2D eigenvalue weighted by Gasteiger charge is -2.26. The van der Waals surface area contributed by atoms with Crippen LogP contribution in [0.25, 0.3) is 5.76 Å². The van der Waals surface area contributed by atoms with Crippen LogP contribution in [0.2, 0.25) is 0 Å². The molecule has 0 aliphatic carbocycles. The third kappa shape index (κ3) is 4.56. The van der Waals surface area contributed by atoms with Crippen LogP contribution in [0.5, 0.6) is 11.5 Å². The molecule has 7 heteroatoms. The molecule has 7 nitrogen and oxygen atoms in total. The van der Waals surface area contributed by atoms with Gasteiger partial charge in [0, 0.05) is 31.4 Å².